The summed E-state index contributed by atoms with van der Waals surface area (Å²) in [5.41, 5.74) is 2.00. The van der Waals surface area contributed by atoms with Crippen molar-refractivity contribution in [3.05, 3.63) is 102 Å². The molecule has 2 N–H and O–H groups in total. The van der Waals surface area contributed by atoms with E-state index < -0.39 is 18.5 Å². The number of nitrogens with zero attached hydrogens (tertiary/aromatic N) is 3. The monoisotopic (exact) mass is 553 g/mol. The van der Waals surface area contributed by atoms with E-state index in [1.165, 1.54) is 12.3 Å². The van der Waals surface area contributed by atoms with E-state index in [9.17, 15) is 17.6 Å². The van der Waals surface area contributed by atoms with E-state index >= 15 is 0 Å². The normalized spacial score (nSPS) is 12.9. The van der Waals surface area contributed by atoms with Gasteiger partial charge in [-0.15, -0.1) is 0 Å². The van der Waals surface area contributed by atoms with E-state index in [-0.39, 0.29) is 11.0 Å². The third-order valence-electron chi connectivity index (χ3n) is 6.05. The number of allylic oxidation sites excluding steroid dienone is 1. The molecule has 0 unspecified atom stereocenters. The zero-order valence-corrected chi connectivity index (χ0v) is 22.3. The molecule has 2 aromatic heterocycles. The molecule has 4 rings (SSSR count). The number of likely N-dealkylation sites (N-methyl/N-ethyl adjacent to an activating group) is 1. The summed E-state index contributed by atoms with van der Waals surface area (Å²) in [5.74, 6) is -0.307. The number of aromatic amines is 1. The van der Waals surface area contributed by atoms with Crippen LogP contribution in [-0.2, 0) is 0 Å². The van der Waals surface area contributed by atoms with Gasteiger partial charge < -0.3 is 15.0 Å². The highest BCUT2D eigenvalue weighted by Crippen LogP contribution is 2.40. The second-order valence-electron chi connectivity index (χ2n) is 9.45. The number of alkyl halides is 3. The van der Waals surface area contributed by atoms with Crippen LogP contribution < -0.4 is 10.1 Å². The molecule has 0 aliphatic rings. The minimum absolute atomic E-state index is 0.0540. The highest BCUT2D eigenvalue weighted by molar-refractivity contribution is 6.00. The van der Waals surface area contributed by atoms with E-state index in [1.54, 1.807) is 54.6 Å². The highest BCUT2D eigenvalue weighted by Gasteiger charge is 2.31. The Morgan fingerprint density at radius 3 is 2.48 bits per heavy atom. The molecule has 40 heavy (non-hydrogen) atoms. The topological polar surface area (TPSA) is 66.1 Å². The second kappa shape index (κ2) is 13.4. The number of aromatic nitrogens is 3. The Morgan fingerprint density at radius 1 is 1.00 bits per heavy atom. The molecule has 210 valence electrons. The van der Waals surface area contributed by atoms with Crippen LogP contribution in [0.25, 0.3) is 22.0 Å². The van der Waals surface area contributed by atoms with E-state index in [0.717, 1.165) is 6.54 Å². The molecule has 0 saturated heterocycles. The van der Waals surface area contributed by atoms with Gasteiger partial charge in [0.25, 0.3) is 0 Å². The lowest BCUT2D eigenvalue weighted by Crippen LogP contribution is -2.21. The van der Waals surface area contributed by atoms with Crippen LogP contribution in [0, 0.1) is 5.95 Å². The highest BCUT2D eigenvalue weighted by atomic mass is 19.4. The van der Waals surface area contributed by atoms with Crippen molar-refractivity contribution >= 4 is 22.0 Å². The molecule has 0 atom stereocenters. The minimum atomic E-state index is -4.48. The summed E-state index contributed by atoms with van der Waals surface area (Å²) >= 11 is 0. The van der Waals surface area contributed by atoms with Gasteiger partial charge in [0, 0.05) is 37.5 Å². The summed E-state index contributed by atoms with van der Waals surface area (Å²) in [7, 11) is 4.00. The van der Waals surface area contributed by atoms with Crippen molar-refractivity contribution in [2.45, 2.75) is 12.6 Å². The molecule has 6 nitrogen and oxygen atoms in total. The summed E-state index contributed by atoms with van der Waals surface area (Å²) in [6.45, 7) is 2.54. The van der Waals surface area contributed by atoms with Crippen molar-refractivity contribution in [2.75, 3.05) is 40.3 Å². The van der Waals surface area contributed by atoms with Gasteiger partial charge >= 0.3 is 6.18 Å². The molecule has 0 radical (unpaired) electrons. The van der Waals surface area contributed by atoms with E-state index in [0.29, 0.717) is 53.4 Å². The number of rotatable bonds is 12. The molecule has 0 aliphatic heterocycles. The van der Waals surface area contributed by atoms with E-state index in [1.807, 2.05) is 20.2 Å². The third kappa shape index (κ3) is 8.00. The molecule has 0 aliphatic carbocycles. The van der Waals surface area contributed by atoms with Crippen LogP contribution in [-0.4, -0.2) is 66.6 Å². The maximum atomic E-state index is 14.4. The van der Waals surface area contributed by atoms with Gasteiger partial charge in [-0.25, -0.2) is 4.98 Å². The third-order valence-corrected chi connectivity index (χ3v) is 6.05. The van der Waals surface area contributed by atoms with Crippen molar-refractivity contribution in [1.82, 2.24) is 25.4 Å². The standard InChI is InChI=1S/C30H31F4N5O/c1-39(2)16-7-6-14-35-15-17-40-27-13-11-23(20-36-27)28(22-10-12-26-24(18-22)29(31)38-37-26)25(19-30(32,33)34)21-8-4-3-5-9-21/h3-13,18,20,35H,14-17,19H2,1-2H3,(H,37,38)/b7-6+,28-25-. The molecular formula is C30H31F4N5O. The Morgan fingerprint density at radius 2 is 1.77 bits per heavy atom. The van der Waals surface area contributed by atoms with Crippen molar-refractivity contribution in [1.29, 1.82) is 0 Å². The summed E-state index contributed by atoms with van der Waals surface area (Å²) in [5, 5.41) is 9.60. The number of benzene rings is 2. The molecule has 4 aromatic rings. The second-order valence-corrected chi connectivity index (χ2v) is 9.45. The molecule has 2 aromatic carbocycles. The number of nitrogens with one attached hydrogen (secondary N) is 2. The first-order chi connectivity index (χ1) is 19.2. The van der Waals surface area contributed by atoms with Crippen molar-refractivity contribution in [2.24, 2.45) is 0 Å². The Labute approximate surface area is 230 Å². The Balaban J connectivity index is 1.63. The average molecular weight is 554 g/mol. The van der Waals surface area contributed by atoms with Gasteiger partial charge in [0.2, 0.25) is 11.8 Å². The quantitative estimate of drug-likeness (QED) is 0.0962. The largest absolute Gasteiger partial charge is 0.476 e. The van der Waals surface area contributed by atoms with Gasteiger partial charge in [0.1, 0.15) is 6.61 Å². The molecule has 0 saturated carbocycles. The molecule has 10 heteroatoms. The molecule has 0 amide bonds. The fourth-order valence-electron chi connectivity index (χ4n) is 4.22. The van der Waals surface area contributed by atoms with Crippen LogP contribution in [0.5, 0.6) is 5.88 Å². The number of H-pyrrole nitrogens is 1. The van der Waals surface area contributed by atoms with Gasteiger partial charge in [0.05, 0.1) is 17.3 Å². The maximum Gasteiger partial charge on any atom is 0.393 e. The first kappa shape index (κ1) is 29.0. The lowest BCUT2D eigenvalue weighted by atomic mass is 9.88. The minimum Gasteiger partial charge on any atom is -0.476 e. The van der Waals surface area contributed by atoms with Crippen LogP contribution in [0.4, 0.5) is 17.6 Å². The Kier molecular flexibility index (Phi) is 9.68. The number of hydrogen-bond acceptors (Lipinski definition) is 5. The summed E-state index contributed by atoms with van der Waals surface area (Å²) < 4.78 is 61.7. The Bertz CT molecular complexity index is 1440. The Hall–Kier alpha value is -4.02. The lowest BCUT2D eigenvalue weighted by Gasteiger charge is -2.19. The van der Waals surface area contributed by atoms with E-state index in [4.69, 9.17) is 4.74 Å². The van der Waals surface area contributed by atoms with Crippen LogP contribution in [0.3, 0.4) is 0 Å². The van der Waals surface area contributed by atoms with E-state index in [2.05, 4.69) is 31.5 Å². The number of ether oxygens (including phenoxy) is 1. The number of halogens is 4. The molecule has 2 heterocycles. The van der Waals surface area contributed by atoms with Crippen molar-refractivity contribution in [3.8, 4) is 5.88 Å². The van der Waals surface area contributed by atoms with Crippen LogP contribution in [0.2, 0.25) is 0 Å². The van der Waals surface area contributed by atoms with Crippen LogP contribution in [0.1, 0.15) is 23.1 Å². The van der Waals surface area contributed by atoms with Crippen molar-refractivity contribution < 1.29 is 22.3 Å². The average Bonchev–Trinajstić information content (AvgIpc) is 3.30. The zero-order chi connectivity index (χ0) is 28.5. The predicted molar refractivity (Wildman–Crippen MR) is 149 cm³/mol. The van der Waals surface area contributed by atoms with Gasteiger partial charge in [-0.05, 0) is 54.6 Å². The number of pyridine rings is 1. The first-order valence-electron chi connectivity index (χ1n) is 12.8. The van der Waals surface area contributed by atoms with Gasteiger partial charge in [-0.1, -0.05) is 48.6 Å². The zero-order valence-electron chi connectivity index (χ0n) is 22.3. The fourth-order valence-corrected chi connectivity index (χ4v) is 4.22. The number of fused-ring (bicyclic) bond motifs is 1. The fraction of sp³-hybridized carbons (Fsp3) is 0.267. The van der Waals surface area contributed by atoms with Gasteiger partial charge in [-0.2, -0.15) is 22.7 Å². The molecular weight excluding hydrogens is 522 g/mol. The number of hydrogen-bond donors (Lipinski definition) is 2. The van der Waals surface area contributed by atoms with Crippen LogP contribution in [0.15, 0.2) is 79.0 Å². The van der Waals surface area contributed by atoms with Gasteiger partial charge in [0.15, 0.2) is 0 Å². The molecule has 0 bridgehead atoms. The molecule has 0 spiro atoms. The molecule has 0 fully saturated rings. The summed E-state index contributed by atoms with van der Waals surface area (Å²) in [4.78, 5) is 6.42. The smallest absolute Gasteiger partial charge is 0.393 e. The lowest BCUT2D eigenvalue weighted by molar-refractivity contribution is -0.122. The first-order valence-corrected chi connectivity index (χ1v) is 12.8. The van der Waals surface area contributed by atoms with Crippen molar-refractivity contribution in [3.63, 3.8) is 0 Å². The maximum absolute atomic E-state index is 14.4. The summed E-state index contributed by atoms with van der Waals surface area (Å²) in [6.07, 6.45) is -0.0611. The predicted octanol–water partition coefficient (Wildman–Crippen LogP) is 6.09. The van der Waals surface area contributed by atoms with Gasteiger partial charge in [-0.3, -0.25) is 5.10 Å². The SMILES string of the molecule is CN(C)C/C=C/CNCCOc1ccc(/C(=C(/CC(F)(F)F)c2ccccc2)c2ccc3n[nH]c(F)c3c2)cn1. The summed E-state index contributed by atoms with van der Waals surface area (Å²) in [6, 6.07) is 16.4. The van der Waals surface area contributed by atoms with Crippen LogP contribution >= 0.6 is 0 Å².